The molecule has 2 aromatic rings. The summed E-state index contributed by atoms with van der Waals surface area (Å²) in [6.45, 7) is 6.33. The van der Waals surface area contributed by atoms with Crippen molar-refractivity contribution in [1.82, 2.24) is 0 Å². The molecular formula is C31H42O8. The molecule has 0 N–H and O–H groups in total. The van der Waals surface area contributed by atoms with Crippen LogP contribution in [-0.4, -0.2) is 64.8 Å². The summed E-state index contributed by atoms with van der Waals surface area (Å²) in [5.41, 5.74) is 2.12. The summed E-state index contributed by atoms with van der Waals surface area (Å²) in [6.07, 6.45) is 4.07. The Labute approximate surface area is 231 Å². The van der Waals surface area contributed by atoms with E-state index >= 15 is 0 Å². The molecule has 1 atom stereocenters. The second-order valence-electron chi connectivity index (χ2n) is 9.72. The quantitative estimate of drug-likeness (QED) is 0.157. The van der Waals surface area contributed by atoms with E-state index in [2.05, 4.69) is 0 Å². The van der Waals surface area contributed by atoms with Crippen molar-refractivity contribution in [3.8, 4) is 22.6 Å². The number of esters is 2. The second kappa shape index (κ2) is 16.9. The first kappa shape index (κ1) is 30.6. The summed E-state index contributed by atoms with van der Waals surface area (Å²) >= 11 is 0. The average molecular weight is 543 g/mol. The van der Waals surface area contributed by atoms with Gasteiger partial charge in [-0.15, -0.1) is 0 Å². The third-order valence-electron chi connectivity index (χ3n) is 6.94. The van der Waals surface area contributed by atoms with E-state index < -0.39 is 0 Å². The van der Waals surface area contributed by atoms with E-state index in [9.17, 15) is 9.59 Å². The van der Waals surface area contributed by atoms with Gasteiger partial charge in [0.15, 0.2) is 0 Å². The third-order valence-corrected chi connectivity index (χ3v) is 6.94. The van der Waals surface area contributed by atoms with Crippen LogP contribution >= 0.6 is 0 Å². The number of carbonyl (C=O) groups is 2. The minimum Gasteiger partial charge on any atom is -0.497 e. The van der Waals surface area contributed by atoms with E-state index in [0.29, 0.717) is 38.8 Å². The maximum atomic E-state index is 12.7. The molecule has 1 aliphatic carbocycles. The van der Waals surface area contributed by atoms with E-state index in [4.69, 9.17) is 28.4 Å². The van der Waals surface area contributed by atoms with Crippen LogP contribution in [0.25, 0.3) is 11.1 Å². The minimum atomic E-state index is -0.184. The van der Waals surface area contributed by atoms with Gasteiger partial charge in [0.2, 0.25) is 0 Å². The fraction of sp³-hybridized carbons (Fsp3) is 0.548. The predicted molar refractivity (Wildman–Crippen MR) is 148 cm³/mol. The molecule has 1 saturated carbocycles. The van der Waals surface area contributed by atoms with Gasteiger partial charge in [-0.1, -0.05) is 38.1 Å². The molecule has 0 saturated heterocycles. The van der Waals surface area contributed by atoms with Crippen LogP contribution in [0.3, 0.4) is 0 Å². The summed E-state index contributed by atoms with van der Waals surface area (Å²) in [5.74, 6) is 0.828. The van der Waals surface area contributed by atoms with Crippen LogP contribution in [0.4, 0.5) is 0 Å². The Bertz CT molecular complexity index is 981. The molecule has 8 heteroatoms. The lowest BCUT2D eigenvalue weighted by Gasteiger charge is -2.27. The van der Waals surface area contributed by atoms with Gasteiger partial charge in [-0.3, -0.25) is 9.59 Å². The summed E-state index contributed by atoms with van der Waals surface area (Å²) in [5, 5.41) is 0. The molecule has 0 heterocycles. The van der Waals surface area contributed by atoms with Crippen LogP contribution in [0, 0.1) is 11.8 Å². The Kier molecular flexibility index (Phi) is 13.3. The second-order valence-corrected chi connectivity index (χ2v) is 9.72. The summed E-state index contributed by atoms with van der Waals surface area (Å²) in [4.78, 5) is 24.2. The van der Waals surface area contributed by atoms with Crippen molar-refractivity contribution in [3.63, 3.8) is 0 Å². The topological polar surface area (TPSA) is 89.5 Å². The first-order valence-electron chi connectivity index (χ1n) is 13.9. The van der Waals surface area contributed by atoms with Gasteiger partial charge in [0.25, 0.3) is 0 Å². The van der Waals surface area contributed by atoms with Crippen molar-refractivity contribution >= 4 is 11.9 Å². The molecule has 0 bridgehead atoms. The minimum absolute atomic E-state index is 0.0768. The molecule has 2 aromatic carbocycles. The Hall–Kier alpha value is -2.94. The highest BCUT2D eigenvalue weighted by Crippen LogP contribution is 2.29. The largest absolute Gasteiger partial charge is 0.497 e. The Balaban J connectivity index is 1.22. The van der Waals surface area contributed by atoms with Crippen LogP contribution in [-0.2, 0) is 28.5 Å². The van der Waals surface area contributed by atoms with E-state index in [-0.39, 0.29) is 36.5 Å². The molecule has 0 spiro atoms. The fourth-order valence-electron chi connectivity index (χ4n) is 4.27. The van der Waals surface area contributed by atoms with Crippen LogP contribution in [0.1, 0.15) is 46.0 Å². The van der Waals surface area contributed by atoms with Crippen LogP contribution < -0.4 is 9.47 Å². The average Bonchev–Trinajstić information content (AvgIpc) is 2.98. The number of benzene rings is 2. The number of hydrogen-bond acceptors (Lipinski definition) is 8. The lowest BCUT2D eigenvalue weighted by atomic mass is 9.87. The highest BCUT2D eigenvalue weighted by molar-refractivity contribution is 5.75. The van der Waals surface area contributed by atoms with Gasteiger partial charge in [-0.05, 0) is 67.5 Å². The molecule has 0 radical (unpaired) electrons. The molecule has 39 heavy (non-hydrogen) atoms. The van der Waals surface area contributed by atoms with Crippen LogP contribution in [0.2, 0.25) is 0 Å². The smallest absolute Gasteiger partial charge is 0.314 e. The zero-order valence-electron chi connectivity index (χ0n) is 23.4. The third kappa shape index (κ3) is 10.6. The van der Waals surface area contributed by atoms with Gasteiger partial charge in [0, 0.05) is 0 Å². The van der Waals surface area contributed by atoms with Gasteiger partial charge in [0.05, 0.1) is 58.1 Å². The van der Waals surface area contributed by atoms with Crippen molar-refractivity contribution in [3.05, 3.63) is 48.5 Å². The predicted octanol–water partition coefficient (Wildman–Crippen LogP) is 5.47. The number of carbonyl (C=O) groups excluding carboxylic acids is 2. The number of hydrogen-bond donors (Lipinski definition) is 0. The maximum Gasteiger partial charge on any atom is 0.314 e. The maximum absolute atomic E-state index is 12.7. The van der Waals surface area contributed by atoms with Crippen LogP contribution in [0.5, 0.6) is 11.5 Å². The van der Waals surface area contributed by atoms with Gasteiger partial charge in [0.1, 0.15) is 18.1 Å². The standard InChI is InChI=1S/C31H42O8/c1-4-23(2)30(32)38-22-20-36-18-17-35-19-21-37-28-13-9-26(10-14-28)31(33)39-29-15-7-25(8-16-29)24-5-11-27(34-3)12-6-24/h5-8,11-12,15-16,23,26,28H,4,9-10,13-14,17-22H2,1-3H3. The number of methoxy groups -OCH3 is 1. The zero-order valence-corrected chi connectivity index (χ0v) is 23.4. The lowest BCUT2D eigenvalue weighted by molar-refractivity contribution is -0.149. The van der Waals surface area contributed by atoms with Crippen LogP contribution in [0.15, 0.2) is 48.5 Å². The van der Waals surface area contributed by atoms with Crippen molar-refractivity contribution in [2.45, 2.75) is 52.1 Å². The summed E-state index contributed by atoms with van der Waals surface area (Å²) < 4.78 is 32.9. The molecule has 0 aliphatic heterocycles. The SMILES string of the molecule is CCC(C)C(=O)OCCOCCOCCOC1CCC(C(=O)Oc2ccc(-c3ccc(OC)cc3)cc2)CC1. The molecule has 214 valence electrons. The van der Waals surface area contributed by atoms with E-state index in [0.717, 1.165) is 49.0 Å². The Morgan fingerprint density at radius 3 is 1.87 bits per heavy atom. The molecule has 0 amide bonds. The molecule has 1 unspecified atom stereocenters. The molecule has 1 aliphatic rings. The fourth-order valence-corrected chi connectivity index (χ4v) is 4.27. The normalized spacial score (nSPS) is 17.8. The first-order chi connectivity index (χ1) is 19.0. The molecule has 3 rings (SSSR count). The van der Waals surface area contributed by atoms with Gasteiger partial charge in [-0.25, -0.2) is 0 Å². The monoisotopic (exact) mass is 542 g/mol. The van der Waals surface area contributed by atoms with Crippen molar-refractivity contribution in [2.24, 2.45) is 11.8 Å². The molecule has 0 aromatic heterocycles. The van der Waals surface area contributed by atoms with E-state index in [1.807, 2.05) is 62.4 Å². The number of ether oxygens (including phenoxy) is 6. The van der Waals surface area contributed by atoms with E-state index in [1.54, 1.807) is 7.11 Å². The Morgan fingerprint density at radius 1 is 0.769 bits per heavy atom. The highest BCUT2D eigenvalue weighted by Gasteiger charge is 2.28. The van der Waals surface area contributed by atoms with Crippen molar-refractivity contribution in [1.29, 1.82) is 0 Å². The summed E-state index contributed by atoms with van der Waals surface area (Å²) in [6, 6.07) is 15.4. The number of rotatable bonds is 16. The molecule has 1 fully saturated rings. The first-order valence-corrected chi connectivity index (χ1v) is 13.9. The highest BCUT2D eigenvalue weighted by atomic mass is 16.6. The summed E-state index contributed by atoms with van der Waals surface area (Å²) in [7, 11) is 1.65. The molecule has 8 nitrogen and oxygen atoms in total. The zero-order chi connectivity index (χ0) is 27.9. The molecular weight excluding hydrogens is 500 g/mol. The Morgan fingerprint density at radius 2 is 1.31 bits per heavy atom. The van der Waals surface area contributed by atoms with E-state index in [1.165, 1.54) is 0 Å². The van der Waals surface area contributed by atoms with Crippen molar-refractivity contribution in [2.75, 3.05) is 46.8 Å². The van der Waals surface area contributed by atoms with Gasteiger partial charge in [-0.2, -0.15) is 0 Å². The van der Waals surface area contributed by atoms with Crippen molar-refractivity contribution < 1.29 is 38.0 Å². The van der Waals surface area contributed by atoms with Gasteiger partial charge < -0.3 is 28.4 Å². The van der Waals surface area contributed by atoms with Gasteiger partial charge >= 0.3 is 11.9 Å². The lowest BCUT2D eigenvalue weighted by Crippen LogP contribution is -2.29.